The molecule has 0 spiro atoms. The largest absolute Gasteiger partial charge is 0.383 e. The number of hydrogen-bond donors (Lipinski definition) is 3. The number of H-pyrrole nitrogens is 1. The molecule has 1 rings (SSSR count). The van der Waals surface area contributed by atoms with Crippen LogP contribution in [0.25, 0.3) is 0 Å². The maximum Gasteiger partial charge on any atom is 0.253 e. The molecule has 13 heavy (non-hydrogen) atoms. The zero-order chi connectivity index (χ0) is 10.0. The molecule has 1 unspecified atom stereocenters. The third-order valence-corrected chi connectivity index (χ3v) is 1.81. The molecule has 1 aromatic heterocycles. The Bertz CT molecular complexity index is 344. The Balaban J connectivity index is 3.08. The summed E-state index contributed by atoms with van der Waals surface area (Å²) in [7, 11) is 0. The lowest BCUT2D eigenvalue weighted by atomic mass is 10.1. The minimum atomic E-state index is -0.281. The Morgan fingerprint density at radius 3 is 2.62 bits per heavy atom. The fraction of sp³-hybridized carbons (Fsp3) is 0.500. The summed E-state index contributed by atoms with van der Waals surface area (Å²) < 4.78 is 0. The lowest BCUT2D eigenvalue weighted by molar-refractivity contribution is 0.489. The Kier molecular flexibility index (Phi) is 2.67. The van der Waals surface area contributed by atoms with E-state index < -0.39 is 0 Å². The van der Waals surface area contributed by atoms with Crippen molar-refractivity contribution in [3.8, 4) is 0 Å². The second-order valence-corrected chi connectivity index (χ2v) is 3.33. The maximum atomic E-state index is 11.0. The number of aromatic nitrogens is 2. The zero-order valence-electron chi connectivity index (χ0n) is 7.74. The zero-order valence-corrected chi connectivity index (χ0v) is 7.74. The number of anilines is 1. The van der Waals surface area contributed by atoms with Crippen LogP contribution in [-0.2, 0) is 0 Å². The van der Waals surface area contributed by atoms with Crippen LogP contribution in [0, 0.1) is 5.92 Å². The quantitative estimate of drug-likeness (QED) is 0.600. The summed E-state index contributed by atoms with van der Waals surface area (Å²) in [5.41, 5.74) is 10.9. The van der Waals surface area contributed by atoms with Crippen molar-refractivity contribution in [1.29, 1.82) is 0 Å². The Hall–Kier alpha value is -1.36. The van der Waals surface area contributed by atoms with Crippen LogP contribution >= 0.6 is 0 Å². The van der Waals surface area contributed by atoms with Crippen LogP contribution in [0.4, 0.5) is 5.82 Å². The van der Waals surface area contributed by atoms with E-state index >= 15 is 0 Å². The SMILES string of the molecule is CC(C)C(N)c1nc(N)cc(=O)[nH]1. The number of hydrogen-bond acceptors (Lipinski definition) is 4. The van der Waals surface area contributed by atoms with Crippen LogP contribution in [0.1, 0.15) is 25.7 Å². The van der Waals surface area contributed by atoms with E-state index in [0.29, 0.717) is 5.82 Å². The lowest BCUT2D eigenvalue weighted by Crippen LogP contribution is -2.23. The Morgan fingerprint density at radius 1 is 1.54 bits per heavy atom. The van der Waals surface area contributed by atoms with E-state index in [2.05, 4.69) is 9.97 Å². The van der Waals surface area contributed by atoms with Gasteiger partial charge in [-0.05, 0) is 5.92 Å². The molecule has 0 fully saturated rings. The van der Waals surface area contributed by atoms with Gasteiger partial charge in [0.1, 0.15) is 11.6 Å². The Morgan fingerprint density at radius 2 is 2.15 bits per heavy atom. The van der Waals surface area contributed by atoms with Crippen molar-refractivity contribution >= 4 is 5.82 Å². The first kappa shape index (κ1) is 9.73. The van der Waals surface area contributed by atoms with Crippen molar-refractivity contribution < 1.29 is 0 Å². The highest BCUT2D eigenvalue weighted by Gasteiger charge is 2.13. The molecule has 0 saturated heterocycles. The van der Waals surface area contributed by atoms with Crippen LogP contribution in [0.5, 0.6) is 0 Å². The van der Waals surface area contributed by atoms with Gasteiger partial charge in [0.05, 0.1) is 6.04 Å². The van der Waals surface area contributed by atoms with Gasteiger partial charge in [-0.25, -0.2) is 4.98 Å². The number of rotatable bonds is 2. The first-order valence-corrected chi connectivity index (χ1v) is 4.13. The number of aromatic amines is 1. The Labute approximate surface area is 76.2 Å². The average Bonchev–Trinajstić information content (AvgIpc) is 2.01. The third kappa shape index (κ3) is 2.29. The van der Waals surface area contributed by atoms with E-state index in [1.165, 1.54) is 6.07 Å². The maximum absolute atomic E-state index is 11.0. The molecule has 0 saturated carbocycles. The molecule has 5 nitrogen and oxygen atoms in total. The van der Waals surface area contributed by atoms with Gasteiger partial charge in [-0.2, -0.15) is 0 Å². The van der Waals surface area contributed by atoms with Gasteiger partial charge < -0.3 is 16.5 Å². The first-order valence-electron chi connectivity index (χ1n) is 4.13. The van der Waals surface area contributed by atoms with Crippen LogP contribution in [0.3, 0.4) is 0 Å². The van der Waals surface area contributed by atoms with Crippen molar-refractivity contribution in [2.45, 2.75) is 19.9 Å². The second kappa shape index (κ2) is 3.57. The summed E-state index contributed by atoms with van der Waals surface area (Å²) in [6, 6.07) is 0.951. The monoisotopic (exact) mass is 182 g/mol. The van der Waals surface area contributed by atoms with Crippen LogP contribution < -0.4 is 17.0 Å². The summed E-state index contributed by atoms with van der Waals surface area (Å²) in [6.07, 6.45) is 0. The summed E-state index contributed by atoms with van der Waals surface area (Å²) in [5, 5.41) is 0. The van der Waals surface area contributed by atoms with Crippen molar-refractivity contribution in [3.05, 3.63) is 22.2 Å². The van der Waals surface area contributed by atoms with E-state index in [4.69, 9.17) is 11.5 Å². The van der Waals surface area contributed by atoms with Gasteiger partial charge >= 0.3 is 0 Å². The van der Waals surface area contributed by atoms with E-state index in [0.717, 1.165) is 0 Å². The second-order valence-electron chi connectivity index (χ2n) is 3.33. The molecule has 0 radical (unpaired) electrons. The highest BCUT2D eigenvalue weighted by Crippen LogP contribution is 2.13. The van der Waals surface area contributed by atoms with Crippen molar-refractivity contribution in [2.24, 2.45) is 11.7 Å². The summed E-state index contributed by atoms with van der Waals surface area (Å²) in [6.45, 7) is 3.90. The average molecular weight is 182 g/mol. The van der Waals surface area contributed by atoms with Gasteiger partial charge in [-0.1, -0.05) is 13.8 Å². The summed E-state index contributed by atoms with van der Waals surface area (Å²) in [5.74, 6) is 0.861. The van der Waals surface area contributed by atoms with Crippen molar-refractivity contribution in [3.63, 3.8) is 0 Å². The topological polar surface area (TPSA) is 97.8 Å². The van der Waals surface area contributed by atoms with E-state index in [1.807, 2.05) is 13.8 Å². The van der Waals surface area contributed by atoms with Gasteiger partial charge in [0.25, 0.3) is 5.56 Å². The van der Waals surface area contributed by atoms with Gasteiger partial charge in [0.2, 0.25) is 0 Å². The molecular formula is C8H14N4O. The molecule has 5 N–H and O–H groups in total. The lowest BCUT2D eigenvalue weighted by Gasteiger charge is -2.14. The van der Waals surface area contributed by atoms with Crippen LogP contribution in [0.15, 0.2) is 10.9 Å². The van der Waals surface area contributed by atoms with E-state index in [-0.39, 0.29) is 23.3 Å². The number of nitrogen functional groups attached to an aromatic ring is 1. The molecule has 0 aliphatic carbocycles. The van der Waals surface area contributed by atoms with Crippen molar-refractivity contribution in [2.75, 3.05) is 5.73 Å². The molecule has 5 heteroatoms. The molecule has 1 heterocycles. The number of nitrogens with two attached hydrogens (primary N) is 2. The third-order valence-electron chi connectivity index (χ3n) is 1.81. The minimum Gasteiger partial charge on any atom is -0.383 e. The fourth-order valence-corrected chi connectivity index (χ4v) is 0.970. The summed E-state index contributed by atoms with van der Waals surface area (Å²) >= 11 is 0. The van der Waals surface area contributed by atoms with Gasteiger partial charge in [0.15, 0.2) is 0 Å². The predicted molar refractivity (Wildman–Crippen MR) is 51.0 cm³/mol. The smallest absolute Gasteiger partial charge is 0.253 e. The molecule has 0 aromatic carbocycles. The van der Waals surface area contributed by atoms with Gasteiger partial charge in [-0.15, -0.1) is 0 Å². The molecule has 0 bridgehead atoms. The molecule has 72 valence electrons. The number of nitrogens with zero attached hydrogens (tertiary/aromatic N) is 1. The molecule has 0 aliphatic heterocycles. The van der Waals surface area contributed by atoms with Gasteiger partial charge in [-0.3, -0.25) is 4.79 Å². The molecule has 1 aromatic rings. The van der Waals surface area contributed by atoms with Crippen LogP contribution in [-0.4, -0.2) is 9.97 Å². The summed E-state index contributed by atoms with van der Waals surface area (Å²) in [4.78, 5) is 17.5. The standard InChI is InChI=1S/C8H14N4O/c1-4(2)7(10)8-11-5(9)3-6(13)12-8/h3-4,7H,10H2,1-2H3,(H3,9,11,12,13). The first-order chi connectivity index (χ1) is 6.00. The fourth-order valence-electron chi connectivity index (χ4n) is 0.970. The minimum absolute atomic E-state index is 0.204. The predicted octanol–water partition coefficient (Wildman–Crippen LogP) is 0.00790. The van der Waals surface area contributed by atoms with E-state index in [1.54, 1.807) is 0 Å². The van der Waals surface area contributed by atoms with Crippen molar-refractivity contribution in [1.82, 2.24) is 9.97 Å². The highest BCUT2D eigenvalue weighted by molar-refractivity contribution is 5.25. The van der Waals surface area contributed by atoms with E-state index in [9.17, 15) is 4.79 Å². The normalized spacial score (nSPS) is 13.2. The highest BCUT2D eigenvalue weighted by atomic mass is 16.1. The van der Waals surface area contributed by atoms with Crippen LogP contribution in [0.2, 0.25) is 0 Å². The molecular weight excluding hydrogens is 168 g/mol. The number of nitrogens with one attached hydrogen (secondary N) is 1. The molecule has 0 amide bonds. The molecule has 0 aliphatic rings. The van der Waals surface area contributed by atoms with Gasteiger partial charge in [0, 0.05) is 6.07 Å². The molecule has 1 atom stereocenters.